The molecule has 2 aliphatic rings. The van der Waals surface area contributed by atoms with Gasteiger partial charge in [0.05, 0.1) is 0 Å². The number of carboxylic acids is 1. The van der Waals surface area contributed by atoms with Gasteiger partial charge in [-0.2, -0.15) is 0 Å². The largest absolute Gasteiger partial charge is 0.480 e. The molecule has 2 rings (SSSR count). The maximum atomic E-state index is 12.2. The number of rotatable bonds is 3. The highest BCUT2D eigenvalue weighted by atomic mass is 16.4. The van der Waals surface area contributed by atoms with Crippen molar-refractivity contribution in [3.05, 3.63) is 0 Å². The predicted octanol–water partition coefficient (Wildman–Crippen LogP) is 1.12. The van der Waals surface area contributed by atoms with Gasteiger partial charge in [0, 0.05) is 32.2 Å². The minimum absolute atomic E-state index is 0.0135. The smallest absolute Gasteiger partial charge is 0.320 e. The fourth-order valence-corrected chi connectivity index (χ4v) is 2.98. The van der Waals surface area contributed by atoms with E-state index in [1.807, 2.05) is 4.90 Å². The van der Waals surface area contributed by atoms with E-state index >= 15 is 0 Å². The molecular formula is C14H25N3O3. The molecule has 0 spiro atoms. The van der Waals surface area contributed by atoms with Crippen molar-refractivity contribution in [2.45, 2.75) is 51.1 Å². The second kappa shape index (κ2) is 6.92. The summed E-state index contributed by atoms with van der Waals surface area (Å²) in [7, 11) is 0. The van der Waals surface area contributed by atoms with Crippen molar-refractivity contribution in [1.82, 2.24) is 15.1 Å². The summed E-state index contributed by atoms with van der Waals surface area (Å²) in [4.78, 5) is 26.8. The molecule has 0 radical (unpaired) electrons. The highest BCUT2D eigenvalue weighted by Gasteiger charge is 2.28. The van der Waals surface area contributed by atoms with Gasteiger partial charge in [0.2, 0.25) is 0 Å². The number of urea groups is 1. The van der Waals surface area contributed by atoms with E-state index in [2.05, 4.69) is 5.32 Å². The Balaban J connectivity index is 1.75. The van der Waals surface area contributed by atoms with Crippen molar-refractivity contribution in [2.75, 3.05) is 26.2 Å². The molecule has 0 aromatic rings. The van der Waals surface area contributed by atoms with Crippen LogP contribution < -0.4 is 5.32 Å². The zero-order valence-electron chi connectivity index (χ0n) is 12.2. The summed E-state index contributed by atoms with van der Waals surface area (Å²) in [5, 5.41) is 12.1. The van der Waals surface area contributed by atoms with Crippen LogP contribution in [0.2, 0.25) is 0 Å². The van der Waals surface area contributed by atoms with Crippen LogP contribution in [0.4, 0.5) is 4.79 Å². The molecule has 1 unspecified atom stereocenters. The van der Waals surface area contributed by atoms with Crippen molar-refractivity contribution in [3.63, 3.8) is 0 Å². The van der Waals surface area contributed by atoms with Crippen LogP contribution in [0.15, 0.2) is 0 Å². The summed E-state index contributed by atoms with van der Waals surface area (Å²) >= 11 is 0. The minimum atomic E-state index is -0.801. The number of carboxylic acid groups (broad SMARTS) is 1. The molecule has 2 fully saturated rings. The fraction of sp³-hybridized carbons (Fsp3) is 0.857. The van der Waals surface area contributed by atoms with Crippen LogP contribution in [0.1, 0.15) is 39.0 Å². The highest BCUT2D eigenvalue weighted by Crippen LogP contribution is 2.17. The fourth-order valence-electron chi connectivity index (χ4n) is 2.98. The summed E-state index contributed by atoms with van der Waals surface area (Å²) in [6.07, 6.45) is 5.85. The number of nitrogens with one attached hydrogen (secondary N) is 1. The molecular weight excluding hydrogens is 258 g/mol. The first-order valence-electron chi connectivity index (χ1n) is 7.60. The van der Waals surface area contributed by atoms with Crippen molar-refractivity contribution in [2.24, 2.45) is 0 Å². The lowest BCUT2D eigenvalue weighted by atomic mass is 9.96. The van der Waals surface area contributed by atoms with Crippen LogP contribution in [0.25, 0.3) is 0 Å². The van der Waals surface area contributed by atoms with E-state index in [0.717, 1.165) is 12.8 Å². The van der Waals surface area contributed by atoms with Crippen molar-refractivity contribution in [3.8, 4) is 0 Å². The second-order valence-electron chi connectivity index (χ2n) is 5.82. The molecule has 1 atom stereocenters. The maximum Gasteiger partial charge on any atom is 0.320 e. The van der Waals surface area contributed by atoms with Crippen LogP contribution in [0.3, 0.4) is 0 Å². The number of amides is 2. The Kier molecular flexibility index (Phi) is 5.23. The van der Waals surface area contributed by atoms with E-state index in [1.165, 1.54) is 19.3 Å². The van der Waals surface area contributed by atoms with Gasteiger partial charge in [-0.05, 0) is 19.8 Å². The van der Waals surface area contributed by atoms with E-state index in [1.54, 1.807) is 11.8 Å². The third kappa shape index (κ3) is 3.85. The van der Waals surface area contributed by atoms with E-state index in [0.29, 0.717) is 32.2 Å². The number of nitrogens with zero attached hydrogens (tertiary/aromatic N) is 2. The van der Waals surface area contributed by atoms with E-state index in [4.69, 9.17) is 5.11 Å². The standard InChI is InChI=1S/C14H25N3O3/c1-11(13(18)19)16-7-9-17(10-8-16)14(20)15-12-5-3-2-4-6-12/h11-12H,2-10H2,1H3,(H,15,20)(H,18,19). The van der Waals surface area contributed by atoms with E-state index in [-0.39, 0.29) is 6.03 Å². The number of carbonyl (C=O) groups excluding carboxylic acids is 1. The first-order chi connectivity index (χ1) is 9.58. The number of hydrogen-bond donors (Lipinski definition) is 2. The maximum absolute atomic E-state index is 12.2. The average Bonchev–Trinajstić information content (AvgIpc) is 2.47. The zero-order chi connectivity index (χ0) is 14.5. The molecule has 1 aliphatic carbocycles. The van der Waals surface area contributed by atoms with E-state index < -0.39 is 12.0 Å². The van der Waals surface area contributed by atoms with Crippen LogP contribution >= 0.6 is 0 Å². The number of aliphatic carboxylic acids is 1. The van der Waals surface area contributed by atoms with Gasteiger partial charge in [-0.15, -0.1) is 0 Å². The molecule has 114 valence electrons. The van der Waals surface area contributed by atoms with Gasteiger partial charge < -0.3 is 15.3 Å². The van der Waals surface area contributed by atoms with Gasteiger partial charge in [0.15, 0.2) is 0 Å². The third-order valence-electron chi connectivity index (χ3n) is 4.44. The predicted molar refractivity (Wildman–Crippen MR) is 75.6 cm³/mol. The van der Waals surface area contributed by atoms with Gasteiger partial charge in [-0.25, -0.2) is 4.79 Å². The van der Waals surface area contributed by atoms with Crippen LogP contribution in [-0.4, -0.2) is 65.2 Å². The van der Waals surface area contributed by atoms with Gasteiger partial charge in [-0.3, -0.25) is 9.69 Å². The summed E-state index contributed by atoms with van der Waals surface area (Å²) in [5.41, 5.74) is 0. The lowest BCUT2D eigenvalue weighted by molar-refractivity contribution is -0.143. The summed E-state index contributed by atoms with van der Waals surface area (Å²) in [6.45, 7) is 4.17. The van der Waals surface area contributed by atoms with Gasteiger partial charge >= 0.3 is 12.0 Å². The second-order valence-corrected chi connectivity index (χ2v) is 5.82. The molecule has 1 heterocycles. The van der Waals surface area contributed by atoms with Crippen LogP contribution in [-0.2, 0) is 4.79 Å². The van der Waals surface area contributed by atoms with Crippen molar-refractivity contribution < 1.29 is 14.7 Å². The number of carbonyl (C=O) groups is 2. The number of piperazine rings is 1. The van der Waals surface area contributed by atoms with E-state index in [9.17, 15) is 9.59 Å². The Labute approximate surface area is 120 Å². The zero-order valence-corrected chi connectivity index (χ0v) is 12.2. The molecule has 1 aliphatic heterocycles. The molecule has 20 heavy (non-hydrogen) atoms. The normalized spacial score (nSPS) is 23.4. The molecule has 1 saturated carbocycles. The quantitative estimate of drug-likeness (QED) is 0.814. The monoisotopic (exact) mass is 283 g/mol. The topological polar surface area (TPSA) is 72.9 Å². The Morgan fingerprint density at radius 3 is 2.25 bits per heavy atom. The lowest BCUT2D eigenvalue weighted by Crippen LogP contribution is -2.56. The van der Waals surface area contributed by atoms with Gasteiger partial charge in [-0.1, -0.05) is 19.3 Å². The summed E-state index contributed by atoms with van der Waals surface area (Å²) in [5.74, 6) is -0.801. The average molecular weight is 283 g/mol. The third-order valence-corrected chi connectivity index (χ3v) is 4.44. The Hall–Kier alpha value is -1.30. The number of hydrogen-bond acceptors (Lipinski definition) is 3. The Morgan fingerprint density at radius 2 is 1.70 bits per heavy atom. The molecule has 0 aromatic carbocycles. The molecule has 1 saturated heterocycles. The summed E-state index contributed by atoms with van der Waals surface area (Å²) in [6, 6.07) is -0.134. The minimum Gasteiger partial charge on any atom is -0.480 e. The molecule has 0 aromatic heterocycles. The molecule has 2 amide bonds. The molecule has 6 nitrogen and oxygen atoms in total. The summed E-state index contributed by atoms with van der Waals surface area (Å²) < 4.78 is 0. The Morgan fingerprint density at radius 1 is 1.10 bits per heavy atom. The van der Waals surface area contributed by atoms with Gasteiger partial charge in [0.1, 0.15) is 6.04 Å². The Bertz CT molecular complexity index is 348. The SMILES string of the molecule is CC(C(=O)O)N1CCN(C(=O)NC2CCCCC2)CC1. The van der Waals surface area contributed by atoms with Crippen molar-refractivity contribution in [1.29, 1.82) is 0 Å². The van der Waals surface area contributed by atoms with Crippen LogP contribution in [0, 0.1) is 0 Å². The first-order valence-corrected chi connectivity index (χ1v) is 7.60. The van der Waals surface area contributed by atoms with Crippen molar-refractivity contribution >= 4 is 12.0 Å². The molecule has 2 N–H and O–H groups in total. The lowest BCUT2D eigenvalue weighted by Gasteiger charge is -2.37. The molecule has 0 bridgehead atoms. The van der Waals surface area contributed by atoms with Crippen LogP contribution in [0.5, 0.6) is 0 Å². The highest BCUT2D eigenvalue weighted by molar-refractivity contribution is 5.75. The molecule has 6 heteroatoms. The first kappa shape index (κ1) is 15.1. The van der Waals surface area contributed by atoms with Gasteiger partial charge in [0.25, 0.3) is 0 Å².